The summed E-state index contributed by atoms with van der Waals surface area (Å²) in [5, 5.41) is 1.23. The number of benzene rings is 1. The highest BCUT2D eigenvalue weighted by Crippen LogP contribution is 2.52. The van der Waals surface area contributed by atoms with Crippen LogP contribution in [0.1, 0.15) is 40.0 Å². The summed E-state index contributed by atoms with van der Waals surface area (Å²) in [6, 6.07) is 5.83. The van der Waals surface area contributed by atoms with Crippen molar-refractivity contribution in [2.24, 2.45) is 10.8 Å². The van der Waals surface area contributed by atoms with E-state index >= 15 is 0 Å². The highest BCUT2D eigenvalue weighted by molar-refractivity contribution is 8.00. The van der Waals surface area contributed by atoms with E-state index in [1.165, 1.54) is 18.2 Å². The van der Waals surface area contributed by atoms with Gasteiger partial charge in [-0.2, -0.15) is 0 Å². The summed E-state index contributed by atoms with van der Waals surface area (Å²) in [4.78, 5) is 15.7. The van der Waals surface area contributed by atoms with Crippen molar-refractivity contribution >= 4 is 40.9 Å². The van der Waals surface area contributed by atoms with E-state index in [2.05, 4.69) is 25.7 Å². The van der Waals surface area contributed by atoms with Crippen molar-refractivity contribution in [1.29, 1.82) is 0 Å². The predicted octanol–water partition coefficient (Wildman–Crippen LogP) is 5.51. The Bertz CT molecular complexity index is 613. The molecule has 1 saturated heterocycles. The van der Waals surface area contributed by atoms with Crippen LogP contribution in [0.15, 0.2) is 23.1 Å². The van der Waals surface area contributed by atoms with Crippen molar-refractivity contribution in [1.82, 2.24) is 4.90 Å². The second-order valence-corrected chi connectivity index (χ2v) is 9.87. The lowest BCUT2D eigenvalue weighted by Gasteiger charge is -2.39. The fraction of sp³-hybridized carbons (Fsp3) is 0.611. The zero-order chi connectivity index (χ0) is 16.8. The maximum Gasteiger partial charge on any atom is 0.233 e. The van der Waals surface area contributed by atoms with Crippen molar-refractivity contribution in [2.75, 3.05) is 12.3 Å². The number of rotatable bonds is 3. The quantitative estimate of drug-likeness (QED) is 0.652. The molecule has 1 heterocycles. The first-order chi connectivity index (χ1) is 10.7. The molecule has 2 unspecified atom stereocenters. The molecule has 0 spiro atoms. The summed E-state index contributed by atoms with van der Waals surface area (Å²) in [7, 11) is 0. The molecule has 126 valence electrons. The summed E-state index contributed by atoms with van der Waals surface area (Å²) in [5.74, 6) is 0.605. The van der Waals surface area contributed by atoms with Gasteiger partial charge in [-0.1, -0.05) is 50.0 Å². The van der Waals surface area contributed by atoms with Gasteiger partial charge >= 0.3 is 0 Å². The van der Waals surface area contributed by atoms with Gasteiger partial charge in [-0.3, -0.25) is 4.79 Å². The lowest BCUT2D eigenvalue weighted by molar-refractivity contribution is -0.129. The minimum absolute atomic E-state index is 0.206. The monoisotopic (exact) mass is 371 g/mol. The van der Waals surface area contributed by atoms with E-state index in [-0.39, 0.29) is 11.3 Å². The molecule has 2 bridgehead atoms. The molecule has 2 nitrogen and oxygen atoms in total. The Hall–Kier alpha value is -0.380. The minimum Gasteiger partial charge on any atom is -0.338 e. The van der Waals surface area contributed by atoms with Crippen LogP contribution in [0.5, 0.6) is 0 Å². The number of fused-ring (bicyclic) bond motifs is 2. The zero-order valence-corrected chi connectivity index (χ0v) is 16.2. The molecule has 0 aromatic heterocycles. The van der Waals surface area contributed by atoms with Gasteiger partial charge in [0.05, 0.1) is 15.8 Å². The first kappa shape index (κ1) is 17.4. The minimum atomic E-state index is 0.206. The summed E-state index contributed by atoms with van der Waals surface area (Å²) in [6.45, 7) is 7.86. The number of hydrogen-bond donors (Lipinski definition) is 0. The first-order valence-corrected chi connectivity index (χ1v) is 9.80. The van der Waals surface area contributed by atoms with Crippen LogP contribution in [-0.2, 0) is 4.79 Å². The van der Waals surface area contributed by atoms with Crippen LogP contribution in [0, 0.1) is 10.8 Å². The van der Waals surface area contributed by atoms with Gasteiger partial charge < -0.3 is 4.90 Å². The van der Waals surface area contributed by atoms with Gasteiger partial charge in [-0.05, 0) is 42.2 Å². The van der Waals surface area contributed by atoms with Crippen LogP contribution < -0.4 is 0 Å². The van der Waals surface area contributed by atoms with Crippen LogP contribution in [-0.4, -0.2) is 29.1 Å². The normalized spacial score (nSPS) is 28.9. The fourth-order valence-electron chi connectivity index (χ4n) is 4.59. The Morgan fingerprint density at radius 2 is 1.91 bits per heavy atom. The molecular formula is C18H23Cl2NOS. The largest absolute Gasteiger partial charge is 0.338 e. The maximum absolute atomic E-state index is 12.8. The van der Waals surface area contributed by atoms with Gasteiger partial charge in [0, 0.05) is 17.5 Å². The van der Waals surface area contributed by atoms with Crippen molar-refractivity contribution in [3.8, 4) is 0 Å². The molecule has 0 radical (unpaired) electrons. The van der Waals surface area contributed by atoms with Gasteiger partial charge in [0.15, 0.2) is 0 Å². The molecule has 2 atom stereocenters. The van der Waals surface area contributed by atoms with E-state index in [1.807, 2.05) is 18.2 Å². The van der Waals surface area contributed by atoms with E-state index in [0.29, 0.717) is 27.3 Å². The number of hydrogen-bond acceptors (Lipinski definition) is 2. The number of halogens is 2. The van der Waals surface area contributed by atoms with Gasteiger partial charge in [-0.25, -0.2) is 0 Å². The van der Waals surface area contributed by atoms with Crippen LogP contribution in [0.3, 0.4) is 0 Å². The van der Waals surface area contributed by atoms with Crippen LogP contribution in [0.4, 0.5) is 0 Å². The van der Waals surface area contributed by atoms with E-state index in [0.717, 1.165) is 24.3 Å². The van der Waals surface area contributed by atoms with E-state index in [1.54, 1.807) is 0 Å². The third-order valence-corrected chi connectivity index (χ3v) is 6.97. The van der Waals surface area contributed by atoms with Gasteiger partial charge in [-0.15, -0.1) is 11.8 Å². The number of carbonyl (C=O) groups excluding carboxylic acids is 1. The molecule has 1 aliphatic carbocycles. The number of likely N-dealkylation sites (tertiary alicyclic amines) is 1. The zero-order valence-electron chi connectivity index (χ0n) is 13.9. The standard InChI is InChI=1S/C18H23Cl2NOS/c1-17(2)7-12-8-18(3,10-17)11-21(12)15(22)9-23-16-13(19)5-4-6-14(16)20/h4-6,12H,7-11H2,1-3H3. The number of thioether (sulfide) groups is 1. The van der Waals surface area contributed by atoms with Crippen molar-refractivity contribution in [3.63, 3.8) is 0 Å². The fourth-order valence-corrected chi connectivity index (χ4v) is 6.16. The Kier molecular flexibility index (Phi) is 4.67. The molecule has 1 saturated carbocycles. The van der Waals surface area contributed by atoms with Crippen molar-refractivity contribution in [2.45, 2.75) is 51.0 Å². The Morgan fingerprint density at radius 3 is 2.57 bits per heavy atom. The van der Waals surface area contributed by atoms with Gasteiger partial charge in [0.2, 0.25) is 5.91 Å². The van der Waals surface area contributed by atoms with Crippen LogP contribution in [0.25, 0.3) is 0 Å². The summed E-state index contributed by atoms with van der Waals surface area (Å²) >= 11 is 13.8. The SMILES string of the molecule is CC1(C)CC2CC(C)(CN2C(=O)CSc2c(Cl)cccc2Cl)C1. The molecule has 3 rings (SSSR count). The Labute approximate surface area is 152 Å². The molecule has 5 heteroatoms. The average molecular weight is 372 g/mol. The number of nitrogens with zero attached hydrogens (tertiary/aromatic N) is 1. The van der Waals surface area contributed by atoms with E-state index in [4.69, 9.17) is 23.2 Å². The molecule has 0 N–H and O–H groups in total. The molecule has 2 aliphatic rings. The summed E-state index contributed by atoms with van der Waals surface area (Å²) < 4.78 is 0. The molecular weight excluding hydrogens is 349 g/mol. The average Bonchev–Trinajstić information content (AvgIpc) is 2.67. The molecule has 23 heavy (non-hydrogen) atoms. The summed E-state index contributed by atoms with van der Waals surface area (Å²) in [5.41, 5.74) is 0.598. The van der Waals surface area contributed by atoms with Crippen molar-refractivity contribution in [3.05, 3.63) is 28.2 Å². The topological polar surface area (TPSA) is 20.3 Å². The second-order valence-electron chi connectivity index (χ2n) is 8.07. The highest BCUT2D eigenvalue weighted by Gasteiger charge is 2.50. The number of amides is 1. The third kappa shape index (κ3) is 3.67. The Morgan fingerprint density at radius 1 is 1.26 bits per heavy atom. The smallest absolute Gasteiger partial charge is 0.233 e. The predicted molar refractivity (Wildman–Crippen MR) is 98.4 cm³/mol. The Balaban J connectivity index is 1.68. The molecule has 1 amide bonds. The second kappa shape index (κ2) is 6.16. The van der Waals surface area contributed by atoms with E-state index in [9.17, 15) is 4.79 Å². The van der Waals surface area contributed by atoms with E-state index < -0.39 is 0 Å². The molecule has 1 aliphatic heterocycles. The number of carbonyl (C=O) groups is 1. The molecule has 2 fully saturated rings. The van der Waals surface area contributed by atoms with Crippen LogP contribution in [0.2, 0.25) is 10.0 Å². The van der Waals surface area contributed by atoms with Crippen LogP contribution >= 0.6 is 35.0 Å². The van der Waals surface area contributed by atoms with Gasteiger partial charge in [0.25, 0.3) is 0 Å². The maximum atomic E-state index is 12.8. The first-order valence-electron chi connectivity index (χ1n) is 8.05. The molecule has 1 aromatic rings. The van der Waals surface area contributed by atoms with Crippen molar-refractivity contribution < 1.29 is 4.79 Å². The highest BCUT2D eigenvalue weighted by atomic mass is 35.5. The third-order valence-electron chi connectivity index (χ3n) is 4.99. The van der Waals surface area contributed by atoms with Gasteiger partial charge in [0.1, 0.15) is 0 Å². The molecule has 1 aromatic carbocycles. The lowest BCUT2D eigenvalue weighted by atomic mass is 9.65. The summed E-state index contributed by atoms with van der Waals surface area (Å²) in [6.07, 6.45) is 3.44. The lowest BCUT2D eigenvalue weighted by Crippen LogP contribution is -2.38.